The van der Waals surface area contributed by atoms with Crippen LogP contribution < -0.4 is 5.32 Å². The molecule has 1 heterocycles. The molecule has 0 saturated carbocycles. The SMILES string of the molecule is CSC(SC)C(OC(C)=O)C1CCCCNC1=O. The molecule has 0 spiro atoms. The number of thioether (sulfide) groups is 2. The van der Waals surface area contributed by atoms with Gasteiger partial charge in [0.1, 0.15) is 6.10 Å². The molecule has 0 aromatic carbocycles. The van der Waals surface area contributed by atoms with Crippen LogP contribution in [0.4, 0.5) is 0 Å². The fourth-order valence-corrected chi connectivity index (χ4v) is 3.96. The summed E-state index contributed by atoms with van der Waals surface area (Å²) >= 11 is 3.26. The summed E-state index contributed by atoms with van der Waals surface area (Å²) in [4.78, 5) is 23.3. The van der Waals surface area contributed by atoms with Gasteiger partial charge in [0.15, 0.2) is 0 Å². The van der Waals surface area contributed by atoms with Crippen molar-refractivity contribution >= 4 is 35.4 Å². The van der Waals surface area contributed by atoms with E-state index in [-0.39, 0.29) is 28.5 Å². The molecule has 6 heteroatoms. The molecule has 1 rings (SSSR count). The molecule has 18 heavy (non-hydrogen) atoms. The average molecular weight is 291 g/mol. The van der Waals surface area contributed by atoms with Crippen LogP contribution in [0.3, 0.4) is 0 Å². The predicted octanol–water partition coefficient (Wildman–Crippen LogP) is 1.89. The highest BCUT2D eigenvalue weighted by Gasteiger charge is 2.36. The van der Waals surface area contributed by atoms with Gasteiger partial charge in [-0.2, -0.15) is 0 Å². The second-order valence-electron chi connectivity index (χ2n) is 4.31. The zero-order valence-electron chi connectivity index (χ0n) is 11.1. The highest BCUT2D eigenvalue weighted by molar-refractivity contribution is 8.16. The number of hydrogen-bond acceptors (Lipinski definition) is 5. The Morgan fingerprint density at radius 1 is 1.39 bits per heavy atom. The van der Waals surface area contributed by atoms with Gasteiger partial charge in [-0.1, -0.05) is 6.42 Å². The van der Waals surface area contributed by atoms with E-state index >= 15 is 0 Å². The lowest BCUT2D eigenvalue weighted by molar-refractivity contribution is -0.150. The standard InChI is InChI=1S/C12H21NO3S2/c1-8(14)16-10(12(17-2)18-3)9-6-4-5-7-13-11(9)15/h9-10,12H,4-7H2,1-3H3,(H,13,15). The maximum Gasteiger partial charge on any atom is 0.302 e. The lowest BCUT2D eigenvalue weighted by atomic mass is 9.97. The first kappa shape index (κ1) is 15.7. The predicted molar refractivity (Wildman–Crippen MR) is 76.7 cm³/mol. The van der Waals surface area contributed by atoms with E-state index in [0.29, 0.717) is 0 Å². The first-order valence-corrected chi connectivity index (χ1v) is 8.68. The topological polar surface area (TPSA) is 55.4 Å². The summed E-state index contributed by atoms with van der Waals surface area (Å²) in [7, 11) is 0. The van der Waals surface area contributed by atoms with Crippen molar-refractivity contribution in [1.29, 1.82) is 0 Å². The quantitative estimate of drug-likeness (QED) is 0.619. The van der Waals surface area contributed by atoms with Crippen LogP contribution >= 0.6 is 23.5 Å². The van der Waals surface area contributed by atoms with Crippen LogP contribution in [0.25, 0.3) is 0 Å². The van der Waals surface area contributed by atoms with Gasteiger partial charge in [-0.25, -0.2) is 0 Å². The molecule has 0 radical (unpaired) electrons. The van der Waals surface area contributed by atoms with E-state index in [4.69, 9.17) is 4.74 Å². The molecule has 0 bridgehead atoms. The van der Waals surface area contributed by atoms with Crippen LogP contribution in [0.2, 0.25) is 0 Å². The van der Waals surface area contributed by atoms with Gasteiger partial charge in [0.25, 0.3) is 0 Å². The fourth-order valence-electron chi connectivity index (χ4n) is 2.16. The summed E-state index contributed by atoms with van der Waals surface area (Å²) in [6.45, 7) is 2.13. The number of ether oxygens (including phenoxy) is 1. The van der Waals surface area contributed by atoms with Crippen LogP contribution in [0.15, 0.2) is 0 Å². The fraction of sp³-hybridized carbons (Fsp3) is 0.833. The number of esters is 1. The molecular weight excluding hydrogens is 270 g/mol. The minimum atomic E-state index is -0.342. The summed E-state index contributed by atoms with van der Waals surface area (Å²) in [5, 5.41) is 2.90. The van der Waals surface area contributed by atoms with E-state index < -0.39 is 0 Å². The second kappa shape index (κ2) is 7.94. The Morgan fingerprint density at radius 2 is 2.06 bits per heavy atom. The molecule has 1 fully saturated rings. The van der Waals surface area contributed by atoms with E-state index in [1.807, 2.05) is 12.5 Å². The van der Waals surface area contributed by atoms with Crippen molar-refractivity contribution in [2.24, 2.45) is 5.92 Å². The van der Waals surface area contributed by atoms with Crippen LogP contribution in [0, 0.1) is 5.92 Å². The third kappa shape index (κ3) is 4.39. The van der Waals surface area contributed by atoms with Gasteiger partial charge in [0.2, 0.25) is 5.91 Å². The summed E-state index contributed by atoms with van der Waals surface area (Å²) in [5.41, 5.74) is 0. The highest BCUT2D eigenvalue weighted by atomic mass is 32.2. The smallest absolute Gasteiger partial charge is 0.302 e. The monoisotopic (exact) mass is 291 g/mol. The first-order chi connectivity index (χ1) is 8.60. The molecule has 1 aliphatic rings. The zero-order chi connectivity index (χ0) is 13.5. The largest absolute Gasteiger partial charge is 0.460 e. The third-order valence-electron chi connectivity index (χ3n) is 3.01. The van der Waals surface area contributed by atoms with Gasteiger partial charge in [0.05, 0.1) is 10.5 Å². The molecule has 1 aliphatic heterocycles. The molecule has 2 atom stereocenters. The minimum absolute atomic E-state index is 0.0202. The van der Waals surface area contributed by atoms with Crippen molar-refractivity contribution in [3.8, 4) is 0 Å². The number of amides is 1. The van der Waals surface area contributed by atoms with Crippen LogP contribution in [0.5, 0.6) is 0 Å². The molecule has 1 amide bonds. The maximum absolute atomic E-state index is 12.1. The van der Waals surface area contributed by atoms with Crippen molar-refractivity contribution in [3.05, 3.63) is 0 Å². The van der Waals surface area contributed by atoms with Gasteiger partial charge in [0, 0.05) is 13.5 Å². The van der Waals surface area contributed by atoms with E-state index in [0.717, 1.165) is 25.8 Å². The van der Waals surface area contributed by atoms with Gasteiger partial charge >= 0.3 is 5.97 Å². The number of carbonyl (C=O) groups is 2. The molecule has 1 N–H and O–H groups in total. The van der Waals surface area contributed by atoms with Crippen molar-refractivity contribution < 1.29 is 14.3 Å². The van der Waals surface area contributed by atoms with Crippen LogP contribution in [0.1, 0.15) is 26.2 Å². The van der Waals surface area contributed by atoms with Crippen molar-refractivity contribution in [2.75, 3.05) is 19.1 Å². The third-order valence-corrected chi connectivity index (χ3v) is 5.63. The molecule has 0 aromatic rings. The van der Waals surface area contributed by atoms with Crippen molar-refractivity contribution in [2.45, 2.75) is 36.9 Å². The van der Waals surface area contributed by atoms with E-state index in [1.165, 1.54) is 6.92 Å². The Balaban J connectivity index is 2.84. The van der Waals surface area contributed by atoms with Crippen molar-refractivity contribution in [3.63, 3.8) is 0 Å². The molecule has 104 valence electrons. The Bertz CT molecular complexity index is 295. The lowest BCUT2D eigenvalue weighted by Gasteiger charge is -2.29. The Kier molecular flexibility index (Phi) is 6.92. The molecule has 0 aliphatic carbocycles. The number of nitrogens with one attached hydrogen (secondary N) is 1. The molecule has 2 unspecified atom stereocenters. The average Bonchev–Trinajstić information content (AvgIpc) is 2.53. The molecule has 0 aromatic heterocycles. The molecule has 1 saturated heterocycles. The minimum Gasteiger partial charge on any atom is -0.460 e. The number of carbonyl (C=O) groups excluding carboxylic acids is 2. The zero-order valence-corrected chi connectivity index (χ0v) is 12.7. The van der Waals surface area contributed by atoms with Crippen molar-refractivity contribution in [1.82, 2.24) is 5.32 Å². The Labute approximate surface area is 117 Å². The lowest BCUT2D eigenvalue weighted by Crippen LogP contribution is -2.42. The van der Waals surface area contributed by atoms with Gasteiger partial charge in [-0.3, -0.25) is 9.59 Å². The summed E-state index contributed by atoms with van der Waals surface area (Å²) < 4.78 is 5.52. The Hall–Kier alpha value is -0.360. The van der Waals surface area contributed by atoms with E-state index in [1.54, 1.807) is 23.5 Å². The van der Waals surface area contributed by atoms with Gasteiger partial charge < -0.3 is 10.1 Å². The Morgan fingerprint density at radius 3 is 2.61 bits per heavy atom. The van der Waals surface area contributed by atoms with Gasteiger partial charge in [-0.15, -0.1) is 23.5 Å². The van der Waals surface area contributed by atoms with Gasteiger partial charge in [-0.05, 0) is 25.4 Å². The summed E-state index contributed by atoms with van der Waals surface area (Å²) in [6, 6.07) is 0. The second-order valence-corrected chi connectivity index (χ2v) is 6.56. The molecule has 4 nitrogen and oxygen atoms in total. The summed E-state index contributed by atoms with van der Waals surface area (Å²) in [5.74, 6) is -0.515. The van der Waals surface area contributed by atoms with E-state index in [2.05, 4.69) is 5.32 Å². The van der Waals surface area contributed by atoms with Crippen LogP contribution in [-0.4, -0.2) is 41.6 Å². The molecular formula is C12H21NO3S2. The summed E-state index contributed by atoms with van der Waals surface area (Å²) in [6.07, 6.45) is 6.40. The first-order valence-electron chi connectivity index (χ1n) is 6.10. The number of rotatable bonds is 5. The normalized spacial score (nSPS) is 22.2. The number of hydrogen-bond donors (Lipinski definition) is 1. The van der Waals surface area contributed by atoms with E-state index in [9.17, 15) is 9.59 Å². The highest BCUT2D eigenvalue weighted by Crippen LogP contribution is 2.32. The maximum atomic E-state index is 12.1. The van der Waals surface area contributed by atoms with Crippen LogP contribution in [-0.2, 0) is 14.3 Å².